The van der Waals surface area contributed by atoms with E-state index in [2.05, 4.69) is 5.32 Å². The summed E-state index contributed by atoms with van der Waals surface area (Å²) in [4.78, 5) is 27.7. The Labute approximate surface area is 212 Å². The number of nitrogens with zero attached hydrogens (tertiary/aromatic N) is 2. The monoisotopic (exact) mass is 527 g/mol. The van der Waals surface area contributed by atoms with Crippen LogP contribution in [0.1, 0.15) is 38.3 Å². The molecule has 0 saturated heterocycles. The Morgan fingerprint density at radius 3 is 2.21 bits per heavy atom. The van der Waals surface area contributed by atoms with Crippen LogP contribution >= 0.6 is 23.2 Å². The summed E-state index contributed by atoms with van der Waals surface area (Å²) in [5.74, 6) is -0.843. The maximum atomic E-state index is 13.5. The van der Waals surface area contributed by atoms with E-state index in [1.54, 1.807) is 50.2 Å². The average Bonchev–Trinajstić information content (AvgIpc) is 2.77. The van der Waals surface area contributed by atoms with Gasteiger partial charge in [-0.1, -0.05) is 48.3 Å². The van der Waals surface area contributed by atoms with Gasteiger partial charge >= 0.3 is 0 Å². The molecule has 0 fully saturated rings. The van der Waals surface area contributed by atoms with Crippen molar-refractivity contribution >= 4 is 50.7 Å². The maximum Gasteiger partial charge on any atom is 0.244 e. The zero-order chi connectivity index (χ0) is 25.6. The fourth-order valence-corrected chi connectivity index (χ4v) is 4.33. The van der Waals surface area contributed by atoms with Crippen molar-refractivity contribution < 1.29 is 18.0 Å². The summed E-state index contributed by atoms with van der Waals surface area (Å²) in [5.41, 5.74) is 1.81. The van der Waals surface area contributed by atoms with Crippen LogP contribution in [0.4, 0.5) is 5.69 Å². The predicted molar refractivity (Wildman–Crippen MR) is 138 cm³/mol. The zero-order valence-corrected chi connectivity index (χ0v) is 22.3. The Morgan fingerprint density at radius 1 is 1.06 bits per heavy atom. The molecule has 0 heterocycles. The topological polar surface area (TPSA) is 86.8 Å². The Balaban J connectivity index is 2.39. The van der Waals surface area contributed by atoms with Gasteiger partial charge in [-0.25, -0.2) is 8.42 Å². The van der Waals surface area contributed by atoms with E-state index in [-0.39, 0.29) is 24.2 Å². The molecule has 2 atom stereocenters. The number of halogens is 2. The van der Waals surface area contributed by atoms with Gasteiger partial charge in [0.05, 0.1) is 11.9 Å². The van der Waals surface area contributed by atoms with Gasteiger partial charge in [-0.05, 0) is 62.6 Å². The molecule has 0 saturated carbocycles. The van der Waals surface area contributed by atoms with Gasteiger partial charge in [0.15, 0.2) is 0 Å². The van der Waals surface area contributed by atoms with E-state index in [1.807, 2.05) is 13.8 Å². The average molecular weight is 529 g/mol. The van der Waals surface area contributed by atoms with Gasteiger partial charge < -0.3 is 10.2 Å². The van der Waals surface area contributed by atoms with Crippen molar-refractivity contribution in [1.29, 1.82) is 0 Å². The Bertz CT molecular complexity index is 1120. The van der Waals surface area contributed by atoms with E-state index in [9.17, 15) is 18.0 Å². The molecule has 0 spiro atoms. The highest BCUT2D eigenvalue weighted by Crippen LogP contribution is 2.25. The van der Waals surface area contributed by atoms with Crippen molar-refractivity contribution in [3.05, 3.63) is 63.6 Å². The lowest BCUT2D eigenvalue weighted by Gasteiger charge is -2.32. The third kappa shape index (κ3) is 7.61. The van der Waals surface area contributed by atoms with Crippen LogP contribution in [0.3, 0.4) is 0 Å². The second-order valence-electron chi connectivity index (χ2n) is 8.35. The molecule has 0 bridgehead atoms. The lowest BCUT2D eigenvalue weighted by atomic mass is 10.1. The fraction of sp³-hybridized carbons (Fsp3) is 0.417. The molecule has 1 N–H and O–H groups in total. The summed E-state index contributed by atoms with van der Waals surface area (Å²) in [6.07, 6.45) is 1.76. The highest BCUT2D eigenvalue weighted by Gasteiger charge is 2.30. The fourth-order valence-electron chi connectivity index (χ4n) is 3.19. The van der Waals surface area contributed by atoms with Crippen LogP contribution in [0.5, 0.6) is 0 Å². The van der Waals surface area contributed by atoms with Gasteiger partial charge in [-0.2, -0.15) is 0 Å². The number of aryl methyl sites for hydroxylation is 1. The summed E-state index contributed by atoms with van der Waals surface area (Å²) in [5, 5.41) is 3.82. The lowest BCUT2D eigenvalue weighted by molar-refractivity contribution is -0.139. The van der Waals surface area contributed by atoms with E-state index in [0.717, 1.165) is 28.1 Å². The van der Waals surface area contributed by atoms with Crippen molar-refractivity contribution in [1.82, 2.24) is 10.2 Å². The minimum absolute atomic E-state index is 0.0651. The van der Waals surface area contributed by atoms with Crippen molar-refractivity contribution in [2.75, 3.05) is 17.1 Å². The number of hydrogen-bond acceptors (Lipinski definition) is 4. The minimum atomic E-state index is -3.81. The van der Waals surface area contributed by atoms with E-state index >= 15 is 0 Å². The largest absolute Gasteiger partial charge is 0.352 e. The number of hydrogen-bond donors (Lipinski definition) is 1. The van der Waals surface area contributed by atoms with Crippen molar-refractivity contribution in [2.24, 2.45) is 0 Å². The number of sulfonamides is 1. The summed E-state index contributed by atoms with van der Waals surface area (Å²) in [6.45, 7) is 6.88. The number of benzene rings is 2. The van der Waals surface area contributed by atoms with Crippen LogP contribution in [0, 0.1) is 6.92 Å². The maximum absolute atomic E-state index is 13.5. The van der Waals surface area contributed by atoms with Crippen LogP contribution in [0.25, 0.3) is 0 Å². The molecule has 2 aromatic rings. The molecule has 186 valence electrons. The molecular weight excluding hydrogens is 497 g/mol. The summed E-state index contributed by atoms with van der Waals surface area (Å²) < 4.78 is 26.2. The Hall–Kier alpha value is -2.29. The molecule has 0 aromatic heterocycles. The number of nitrogens with one attached hydrogen (secondary N) is 1. The third-order valence-corrected chi connectivity index (χ3v) is 7.36. The van der Waals surface area contributed by atoms with Crippen molar-refractivity contribution in [3.63, 3.8) is 0 Å². The molecule has 34 heavy (non-hydrogen) atoms. The third-order valence-electron chi connectivity index (χ3n) is 5.56. The summed E-state index contributed by atoms with van der Waals surface area (Å²) in [6, 6.07) is 10.8. The minimum Gasteiger partial charge on any atom is -0.352 e. The first-order valence-corrected chi connectivity index (χ1v) is 13.5. The first kappa shape index (κ1) is 28.0. The molecule has 2 rings (SSSR count). The van der Waals surface area contributed by atoms with Crippen LogP contribution in [0.2, 0.25) is 10.0 Å². The predicted octanol–water partition coefficient (Wildman–Crippen LogP) is 4.40. The van der Waals surface area contributed by atoms with Gasteiger partial charge in [0.25, 0.3) is 0 Å². The van der Waals surface area contributed by atoms with Gasteiger partial charge in [0, 0.05) is 22.6 Å². The van der Waals surface area contributed by atoms with Crippen LogP contribution in [0.15, 0.2) is 42.5 Å². The van der Waals surface area contributed by atoms with E-state index in [4.69, 9.17) is 23.2 Å². The van der Waals surface area contributed by atoms with E-state index < -0.39 is 28.5 Å². The van der Waals surface area contributed by atoms with Crippen LogP contribution in [-0.4, -0.2) is 50.0 Å². The normalized spacial score (nSPS) is 13.1. The van der Waals surface area contributed by atoms with Gasteiger partial charge in [-0.3, -0.25) is 13.9 Å². The SMILES string of the molecule is CC[C@@H](C)NC(=O)[C@@H](C)N(Cc1ccc(Cl)cc1)C(=O)CN(c1ccc(C)c(Cl)c1)S(C)(=O)=O. The molecule has 0 aliphatic carbocycles. The van der Waals surface area contributed by atoms with Gasteiger partial charge in [0.2, 0.25) is 21.8 Å². The van der Waals surface area contributed by atoms with Gasteiger partial charge in [-0.15, -0.1) is 0 Å². The highest BCUT2D eigenvalue weighted by atomic mass is 35.5. The van der Waals surface area contributed by atoms with Crippen LogP contribution < -0.4 is 9.62 Å². The molecule has 10 heteroatoms. The number of carbonyl (C=O) groups excluding carboxylic acids is 2. The first-order chi connectivity index (χ1) is 15.8. The highest BCUT2D eigenvalue weighted by molar-refractivity contribution is 7.92. The molecule has 2 amide bonds. The Morgan fingerprint density at radius 2 is 1.68 bits per heavy atom. The number of carbonyl (C=O) groups is 2. The van der Waals surface area contributed by atoms with Gasteiger partial charge in [0.1, 0.15) is 12.6 Å². The second-order valence-corrected chi connectivity index (χ2v) is 11.1. The molecule has 0 aliphatic rings. The number of anilines is 1. The van der Waals surface area contributed by atoms with Crippen molar-refractivity contribution in [3.8, 4) is 0 Å². The molecule has 0 unspecified atom stereocenters. The zero-order valence-electron chi connectivity index (χ0n) is 20.0. The molecule has 7 nitrogen and oxygen atoms in total. The lowest BCUT2D eigenvalue weighted by Crippen LogP contribution is -2.52. The molecular formula is C24H31Cl2N3O4S. The quantitative estimate of drug-likeness (QED) is 0.495. The first-order valence-electron chi connectivity index (χ1n) is 10.9. The Kier molecular flexibility index (Phi) is 9.79. The summed E-state index contributed by atoms with van der Waals surface area (Å²) >= 11 is 12.2. The summed E-state index contributed by atoms with van der Waals surface area (Å²) in [7, 11) is -3.81. The smallest absolute Gasteiger partial charge is 0.244 e. The van der Waals surface area contributed by atoms with E-state index in [0.29, 0.717) is 10.0 Å². The number of amides is 2. The van der Waals surface area contributed by atoms with E-state index in [1.165, 1.54) is 11.0 Å². The van der Waals surface area contributed by atoms with Crippen LogP contribution in [-0.2, 0) is 26.2 Å². The molecule has 0 radical (unpaired) electrons. The van der Waals surface area contributed by atoms with Crippen molar-refractivity contribution in [2.45, 2.75) is 52.7 Å². The number of rotatable bonds is 10. The second kappa shape index (κ2) is 11.9. The molecule has 2 aromatic carbocycles. The molecule has 0 aliphatic heterocycles. The standard InChI is InChI=1S/C24H31Cl2N3O4S/c1-6-17(3)27-24(31)18(4)28(14-19-8-10-20(25)11-9-19)23(30)15-29(34(5,32)33)21-12-7-16(2)22(26)13-21/h7-13,17-18H,6,14-15H2,1-5H3,(H,27,31)/t17-,18-/m1/s1.